The molecule has 3 rings (SSSR count). The maximum absolute atomic E-state index is 13.3. The average Bonchev–Trinajstić information content (AvgIpc) is 2.79. The van der Waals surface area contributed by atoms with E-state index in [0.29, 0.717) is 6.54 Å². The molecule has 1 atom stereocenters. The monoisotopic (exact) mass is 422 g/mol. The number of hydrogen-bond acceptors (Lipinski definition) is 3. The number of amides is 2. The number of benzene rings is 2. The summed E-state index contributed by atoms with van der Waals surface area (Å²) >= 11 is 0. The zero-order chi connectivity index (χ0) is 22.2. The van der Waals surface area contributed by atoms with Gasteiger partial charge in [0.05, 0.1) is 13.5 Å². The van der Waals surface area contributed by atoms with Crippen LogP contribution in [-0.2, 0) is 22.6 Å². The van der Waals surface area contributed by atoms with E-state index in [9.17, 15) is 9.59 Å². The van der Waals surface area contributed by atoms with E-state index in [4.69, 9.17) is 4.74 Å². The number of ether oxygens (including phenoxy) is 1. The first-order valence-corrected chi connectivity index (χ1v) is 11.2. The van der Waals surface area contributed by atoms with Crippen molar-refractivity contribution in [1.29, 1.82) is 0 Å². The molecule has 0 aliphatic heterocycles. The topological polar surface area (TPSA) is 58.6 Å². The van der Waals surface area contributed by atoms with Crippen molar-refractivity contribution >= 4 is 11.8 Å². The molecule has 0 radical (unpaired) electrons. The molecule has 0 heterocycles. The van der Waals surface area contributed by atoms with Crippen LogP contribution in [0.5, 0.6) is 5.75 Å². The zero-order valence-corrected chi connectivity index (χ0v) is 18.9. The van der Waals surface area contributed by atoms with Crippen molar-refractivity contribution in [2.24, 2.45) is 0 Å². The van der Waals surface area contributed by atoms with Crippen molar-refractivity contribution in [3.63, 3.8) is 0 Å². The summed E-state index contributed by atoms with van der Waals surface area (Å²) in [5.74, 6) is 0.636. The third-order valence-electron chi connectivity index (χ3n) is 6.24. The fourth-order valence-electron chi connectivity index (χ4n) is 4.14. The second-order valence-corrected chi connectivity index (χ2v) is 8.49. The van der Waals surface area contributed by atoms with Crippen molar-refractivity contribution in [3.05, 3.63) is 65.2 Å². The lowest BCUT2D eigenvalue weighted by atomic mass is 9.95. The number of hydrogen-bond donors (Lipinski definition) is 1. The van der Waals surface area contributed by atoms with E-state index in [-0.39, 0.29) is 24.3 Å². The lowest BCUT2D eigenvalue weighted by molar-refractivity contribution is -0.140. The van der Waals surface area contributed by atoms with Crippen LogP contribution in [0, 0.1) is 6.92 Å². The molecule has 0 aromatic heterocycles. The Balaban J connectivity index is 1.76. The third-order valence-corrected chi connectivity index (χ3v) is 6.24. The van der Waals surface area contributed by atoms with E-state index >= 15 is 0 Å². The lowest BCUT2D eigenvalue weighted by Crippen LogP contribution is -2.50. The zero-order valence-electron chi connectivity index (χ0n) is 18.9. The molecular weight excluding hydrogens is 388 g/mol. The summed E-state index contributed by atoms with van der Waals surface area (Å²) in [6, 6.07) is 15.2. The van der Waals surface area contributed by atoms with Crippen LogP contribution in [0.4, 0.5) is 0 Å². The van der Waals surface area contributed by atoms with Crippen LogP contribution >= 0.6 is 0 Å². The second kappa shape index (κ2) is 11.0. The van der Waals surface area contributed by atoms with Gasteiger partial charge >= 0.3 is 0 Å². The van der Waals surface area contributed by atoms with Gasteiger partial charge in [-0.15, -0.1) is 0 Å². The van der Waals surface area contributed by atoms with Gasteiger partial charge in [0.15, 0.2) is 0 Å². The Kier molecular flexibility index (Phi) is 8.10. The number of carbonyl (C=O) groups excluding carboxylic acids is 2. The molecule has 31 heavy (non-hydrogen) atoms. The Bertz CT molecular complexity index is 872. The smallest absolute Gasteiger partial charge is 0.242 e. The second-order valence-electron chi connectivity index (χ2n) is 8.49. The van der Waals surface area contributed by atoms with Gasteiger partial charge in [-0.2, -0.15) is 0 Å². The molecule has 1 aliphatic carbocycles. The number of aryl methyl sites for hydroxylation is 1. The molecule has 2 aromatic carbocycles. The average molecular weight is 423 g/mol. The van der Waals surface area contributed by atoms with Crippen molar-refractivity contribution in [3.8, 4) is 5.75 Å². The molecule has 5 nitrogen and oxygen atoms in total. The molecule has 2 aromatic rings. The molecule has 0 spiro atoms. The number of nitrogens with zero attached hydrogens (tertiary/aromatic N) is 1. The minimum absolute atomic E-state index is 0.0558. The van der Waals surface area contributed by atoms with Gasteiger partial charge in [0.25, 0.3) is 0 Å². The molecule has 2 amide bonds. The van der Waals surface area contributed by atoms with Crippen molar-refractivity contribution < 1.29 is 14.3 Å². The molecular formula is C26H34N2O3. The van der Waals surface area contributed by atoms with Crippen LogP contribution in [0.25, 0.3) is 0 Å². The largest absolute Gasteiger partial charge is 0.497 e. The molecule has 166 valence electrons. The Morgan fingerprint density at radius 1 is 1.06 bits per heavy atom. The first-order valence-electron chi connectivity index (χ1n) is 11.2. The molecule has 1 N–H and O–H groups in total. The third kappa shape index (κ3) is 6.33. The molecule has 1 fully saturated rings. The summed E-state index contributed by atoms with van der Waals surface area (Å²) < 4.78 is 5.21. The number of carbonyl (C=O) groups is 2. The Morgan fingerprint density at radius 2 is 1.74 bits per heavy atom. The van der Waals surface area contributed by atoms with Gasteiger partial charge in [0.2, 0.25) is 11.8 Å². The number of rotatable bonds is 8. The van der Waals surface area contributed by atoms with Crippen LogP contribution in [-0.4, -0.2) is 35.9 Å². The molecule has 1 saturated carbocycles. The summed E-state index contributed by atoms with van der Waals surface area (Å²) in [6.07, 6.45) is 5.84. The van der Waals surface area contributed by atoms with E-state index in [2.05, 4.69) is 5.32 Å². The van der Waals surface area contributed by atoms with Gasteiger partial charge in [0.1, 0.15) is 11.8 Å². The standard InChI is InChI=1S/C26H34N2O3/c1-19-9-7-8-10-22(19)18-28(20(2)26(30)27-23-11-5-4-6-12-23)25(29)17-21-13-15-24(31-3)16-14-21/h7-10,13-16,20,23H,4-6,11-12,17-18H2,1-3H3,(H,27,30)/t20-/m1/s1. The van der Waals surface area contributed by atoms with Crippen LogP contribution in [0.1, 0.15) is 55.7 Å². The van der Waals surface area contributed by atoms with E-state index in [0.717, 1.165) is 48.1 Å². The quantitative estimate of drug-likeness (QED) is 0.685. The lowest BCUT2D eigenvalue weighted by Gasteiger charge is -2.31. The van der Waals surface area contributed by atoms with Crippen molar-refractivity contribution in [2.75, 3.05) is 7.11 Å². The maximum Gasteiger partial charge on any atom is 0.242 e. The maximum atomic E-state index is 13.3. The highest BCUT2D eigenvalue weighted by atomic mass is 16.5. The highest BCUT2D eigenvalue weighted by molar-refractivity contribution is 5.88. The van der Waals surface area contributed by atoms with Crippen LogP contribution in [0.2, 0.25) is 0 Å². The number of methoxy groups -OCH3 is 1. The summed E-state index contributed by atoms with van der Waals surface area (Å²) in [4.78, 5) is 28.1. The fraction of sp³-hybridized carbons (Fsp3) is 0.462. The fourth-order valence-corrected chi connectivity index (χ4v) is 4.14. The number of nitrogens with one attached hydrogen (secondary N) is 1. The minimum atomic E-state index is -0.535. The highest BCUT2D eigenvalue weighted by Crippen LogP contribution is 2.20. The Hall–Kier alpha value is -2.82. The summed E-state index contributed by atoms with van der Waals surface area (Å²) in [7, 11) is 1.62. The molecule has 1 aliphatic rings. The Labute approximate surface area is 185 Å². The first-order chi connectivity index (χ1) is 15.0. The van der Waals surface area contributed by atoms with Gasteiger partial charge < -0.3 is 15.0 Å². The molecule has 0 unspecified atom stereocenters. The molecule has 5 heteroatoms. The van der Waals surface area contributed by atoms with Gasteiger partial charge in [0, 0.05) is 12.6 Å². The van der Waals surface area contributed by atoms with Gasteiger partial charge in [-0.1, -0.05) is 55.7 Å². The van der Waals surface area contributed by atoms with E-state index < -0.39 is 6.04 Å². The SMILES string of the molecule is COc1ccc(CC(=O)N(Cc2ccccc2C)[C@H](C)C(=O)NC2CCCCC2)cc1. The summed E-state index contributed by atoms with van der Waals surface area (Å²) in [6.45, 7) is 4.29. The normalized spacial score (nSPS) is 15.2. The predicted molar refractivity (Wildman–Crippen MR) is 123 cm³/mol. The van der Waals surface area contributed by atoms with E-state index in [1.54, 1.807) is 12.0 Å². The highest BCUT2D eigenvalue weighted by Gasteiger charge is 2.28. The van der Waals surface area contributed by atoms with Crippen LogP contribution in [0.15, 0.2) is 48.5 Å². The minimum Gasteiger partial charge on any atom is -0.497 e. The first kappa shape index (κ1) is 22.9. The summed E-state index contributed by atoms with van der Waals surface area (Å²) in [5, 5.41) is 3.18. The van der Waals surface area contributed by atoms with Crippen molar-refractivity contribution in [2.45, 2.75) is 71.0 Å². The van der Waals surface area contributed by atoms with Crippen molar-refractivity contribution in [1.82, 2.24) is 10.2 Å². The van der Waals surface area contributed by atoms with Gasteiger partial charge in [-0.3, -0.25) is 9.59 Å². The van der Waals surface area contributed by atoms with Crippen LogP contribution < -0.4 is 10.1 Å². The summed E-state index contributed by atoms with van der Waals surface area (Å²) in [5.41, 5.74) is 3.08. The molecule has 0 bridgehead atoms. The Morgan fingerprint density at radius 3 is 2.39 bits per heavy atom. The van der Waals surface area contributed by atoms with E-state index in [1.807, 2.05) is 62.4 Å². The predicted octanol–water partition coefficient (Wildman–Crippen LogP) is 4.41. The van der Waals surface area contributed by atoms with Gasteiger partial charge in [-0.25, -0.2) is 0 Å². The van der Waals surface area contributed by atoms with Gasteiger partial charge in [-0.05, 0) is 55.5 Å². The van der Waals surface area contributed by atoms with E-state index in [1.165, 1.54) is 6.42 Å². The van der Waals surface area contributed by atoms with Crippen LogP contribution in [0.3, 0.4) is 0 Å². The molecule has 0 saturated heterocycles.